The van der Waals surface area contributed by atoms with Gasteiger partial charge in [0.1, 0.15) is 5.75 Å². The van der Waals surface area contributed by atoms with Gasteiger partial charge in [0.2, 0.25) is 10.0 Å². The lowest BCUT2D eigenvalue weighted by atomic mass is 10.1. The van der Waals surface area contributed by atoms with Crippen LogP contribution >= 0.6 is 0 Å². The van der Waals surface area contributed by atoms with E-state index in [-0.39, 0.29) is 12.5 Å². The summed E-state index contributed by atoms with van der Waals surface area (Å²) in [5, 5.41) is 2.89. The van der Waals surface area contributed by atoms with Crippen molar-refractivity contribution in [2.24, 2.45) is 0 Å². The fourth-order valence-electron chi connectivity index (χ4n) is 3.52. The summed E-state index contributed by atoms with van der Waals surface area (Å²) in [5.74, 6) is 0.571. The van der Waals surface area contributed by atoms with Crippen LogP contribution in [0.4, 0.5) is 5.69 Å². The van der Waals surface area contributed by atoms with Crippen LogP contribution in [0, 0.1) is 13.8 Å². The van der Waals surface area contributed by atoms with E-state index >= 15 is 0 Å². The first-order valence-electron chi connectivity index (χ1n) is 10.2. The molecule has 0 spiro atoms. The molecule has 0 aliphatic heterocycles. The number of rotatable bonds is 8. The van der Waals surface area contributed by atoms with E-state index in [1.54, 1.807) is 31.4 Å². The van der Waals surface area contributed by atoms with Gasteiger partial charge in [0.05, 0.1) is 25.6 Å². The minimum absolute atomic E-state index is 0.193. The molecule has 0 aliphatic rings. The number of sulfonamides is 1. The van der Waals surface area contributed by atoms with E-state index in [4.69, 9.17) is 4.74 Å². The molecule has 1 N–H and O–H groups in total. The summed E-state index contributed by atoms with van der Waals surface area (Å²) in [7, 11) is -1.88. The standard InChI is InChI=1S/C25H28N2O4S/c1-18-6-5-7-19(2)24(18)27(32(4,29)30)17-21-8-12-22(13-9-21)25(28)26-16-20-10-14-23(31-3)15-11-20/h5-15H,16-17H2,1-4H3,(H,26,28). The van der Waals surface area contributed by atoms with Gasteiger partial charge in [-0.15, -0.1) is 0 Å². The minimum Gasteiger partial charge on any atom is -0.497 e. The van der Waals surface area contributed by atoms with Gasteiger partial charge in [0.15, 0.2) is 0 Å². The molecule has 0 fully saturated rings. The molecule has 0 aliphatic carbocycles. The number of ether oxygens (including phenoxy) is 1. The number of benzene rings is 3. The number of nitrogens with zero attached hydrogens (tertiary/aromatic N) is 1. The molecule has 1 amide bonds. The lowest BCUT2D eigenvalue weighted by Gasteiger charge is -2.26. The van der Waals surface area contributed by atoms with Crippen molar-refractivity contribution in [3.63, 3.8) is 0 Å². The lowest BCUT2D eigenvalue weighted by molar-refractivity contribution is 0.0951. The third kappa shape index (κ3) is 5.68. The Labute approximate surface area is 189 Å². The highest BCUT2D eigenvalue weighted by molar-refractivity contribution is 7.92. The maximum absolute atomic E-state index is 12.5. The first-order valence-corrected chi connectivity index (χ1v) is 12.1. The summed E-state index contributed by atoms with van der Waals surface area (Å²) in [6.07, 6.45) is 1.21. The Balaban J connectivity index is 1.71. The number of para-hydroxylation sites is 1. The van der Waals surface area contributed by atoms with Crippen molar-refractivity contribution in [2.45, 2.75) is 26.9 Å². The van der Waals surface area contributed by atoms with Crippen molar-refractivity contribution < 1.29 is 17.9 Å². The van der Waals surface area contributed by atoms with E-state index in [9.17, 15) is 13.2 Å². The SMILES string of the molecule is COc1ccc(CNC(=O)c2ccc(CN(c3c(C)cccc3C)S(C)(=O)=O)cc2)cc1. The van der Waals surface area contributed by atoms with Gasteiger partial charge in [-0.05, 0) is 60.4 Å². The van der Waals surface area contributed by atoms with Gasteiger partial charge < -0.3 is 10.1 Å². The highest BCUT2D eigenvalue weighted by atomic mass is 32.2. The topological polar surface area (TPSA) is 75.7 Å². The summed E-state index contributed by atoms with van der Waals surface area (Å²) in [6.45, 7) is 4.39. The highest BCUT2D eigenvalue weighted by Gasteiger charge is 2.21. The van der Waals surface area contributed by atoms with Gasteiger partial charge in [-0.25, -0.2) is 8.42 Å². The van der Waals surface area contributed by atoms with Gasteiger partial charge in [-0.3, -0.25) is 9.10 Å². The molecule has 6 nitrogen and oxygen atoms in total. The molecule has 3 aromatic carbocycles. The molecule has 0 saturated heterocycles. The molecule has 0 heterocycles. The Morgan fingerprint density at radius 2 is 1.47 bits per heavy atom. The Hall–Kier alpha value is -3.32. The molecule has 168 valence electrons. The van der Waals surface area contributed by atoms with Crippen molar-refractivity contribution in [1.82, 2.24) is 5.32 Å². The first-order chi connectivity index (χ1) is 15.2. The Morgan fingerprint density at radius 1 is 0.906 bits per heavy atom. The van der Waals surface area contributed by atoms with Crippen LogP contribution in [0.15, 0.2) is 66.7 Å². The monoisotopic (exact) mass is 452 g/mol. The normalized spacial score (nSPS) is 11.1. The molecular formula is C25H28N2O4S. The predicted molar refractivity (Wildman–Crippen MR) is 128 cm³/mol. The third-order valence-corrected chi connectivity index (χ3v) is 6.36. The Bertz CT molecular complexity index is 1170. The number of methoxy groups -OCH3 is 1. The highest BCUT2D eigenvalue weighted by Crippen LogP contribution is 2.28. The average molecular weight is 453 g/mol. The van der Waals surface area contributed by atoms with Crippen molar-refractivity contribution >= 4 is 21.6 Å². The largest absolute Gasteiger partial charge is 0.497 e. The zero-order valence-corrected chi connectivity index (χ0v) is 19.6. The van der Waals surface area contributed by atoms with Crippen molar-refractivity contribution in [3.8, 4) is 5.75 Å². The van der Waals surface area contributed by atoms with Crippen LogP contribution in [0.2, 0.25) is 0 Å². The molecular weight excluding hydrogens is 424 g/mol. The minimum atomic E-state index is -3.49. The molecule has 7 heteroatoms. The van der Waals surface area contributed by atoms with Gasteiger partial charge in [0.25, 0.3) is 5.91 Å². The van der Waals surface area contributed by atoms with Crippen LogP contribution in [-0.4, -0.2) is 27.7 Å². The summed E-state index contributed by atoms with van der Waals surface area (Å²) in [4.78, 5) is 12.5. The summed E-state index contributed by atoms with van der Waals surface area (Å²) >= 11 is 0. The van der Waals surface area contributed by atoms with Crippen LogP contribution in [0.5, 0.6) is 5.75 Å². The van der Waals surface area contributed by atoms with E-state index in [0.717, 1.165) is 28.0 Å². The van der Waals surface area contributed by atoms with Crippen LogP contribution in [0.3, 0.4) is 0 Å². The zero-order valence-electron chi connectivity index (χ0n) is 18.8. The molecule has 0 saturated carbocycles. The van der Waals surface area contributed by atoms with Crippen LogP contribution < -0.4 is 14.4 Å². The maximum Gasteiger partial charge on any atom is 0.251 e. The van der Waals surface area contributed by atoms with E-state index in [1.165, 1.54) is 10.6 Å². The Kier molecular flexibility index (Phi) is 7.20. The van der Waals surface area contributed by atoms with Gasteiger partial charge in [-0.2, -0.15) is 0 Å². The zero-order chi connectivity index (χ0) is 23.3. The summed E-state index contributed by atoms with van der Waals surface area (Å²) in [6, 6.07) is 20.2. The molecule has 0 unspecified atom stereocenters. The molecule has 0 bridgehead atoms. The molecule has 3 aromatic rings. The average Bonchev–Trinajstić information content (AvgIpc) is 2.76. The van der Waals surface area contributed by atoms with Crippen molar-refractivity contribution in [2.75, 3.05) is 17.7 Å². The quantitative estimate of drug-likeness (QED) is 0.556. The van der Waals surface area contributed by atoms with E-state index in [1.807, 2.05) is 56.3 Å². The van der Waals surface area contributed by atoms with Crippen LogP contribution in [0.1, 0.15) is 32.6 Å². The maximum atomic E-state index is 12.5. The summed E-state index contributed by atoms with van der Waals surface area (Å²) < 4.78 is 31.6. The third-order valence-electron chi connectivity index (χ3n) is 5.24. The number of aryl methyl sites for hydroxylation is 2. The summed E-state index contributed by atoms with van der Waals surface area (Å²) in [5.41, 5.74) is 4.75. The van der Waals surface area contributed by atoms with Gasteiger partial charge >= 0.3 is 0 Å². The smallest absolute Gasteiger partial charge is 0.251 e. The van der Waals surface area contributed by atoms with E-state index in [0.29, 0.717) is 17.8 Å². The fourth-order valence-corrected chi connectivity index (χ4v) is 4.52. The second kappa shape index (κ2) is 9.87. The lowest BCUT2D eigenvalue weighted by Crippen LogP contribution is -2.30. The number of carbonyl (C=O) groups excluding carboxylic acids is 1. The van der Waals surface area contributed by atoms with E-state index in [2.05, 4.69) is 5.32 Å². The molecule has 3 rings (SSSR count). The first kappa shape index (κ1) is 23.3. The van der Waals surface area contributed by atoms with Crippen molar-refractivity contribution in [3.05, 3.63) is 94.5 Å². The number of nitrogens with one attached hydrogen (secondary N) is 1. The number of hydrogen-bond acceptors (Lipinski definition) is 4. The predicted octanol–water partition coefficient (Wildman–Crippen LogP) is 4.21. The molecule has 0 aromatic heterocycles. The van der Waals surface area contributed by atoms with Gasteiger partial charge in [-0.1, -0.05) is 42.5 Å². The van der Waals surface area contributed by atoms with Gasteiger partial charge in [0, 0.05) is 12.1 Å². The van der Waals surface area contributed by atoms with E-state index < -0.39 is 10.0 Å². The number of carbonyl (C=O) groups is 1. The number of anilines is 1. The van der Waals surface area contributed by atoms with Crippen LogP contribution in [0.25, 0.3) is 0 Å². The van der Waals surface area contributed by atoms with Crippen LogP contribution in [-0.2, 0) is 23.1 Å². The molecule has 0 radical (unpaired) electrons. The number of amides is 1. The Morgan fingerprint density at radius 3 is 2.00 bits per heavy atom. The second-order valence-electron chi connectivity index (χ2n) is 7.74. The number of hydrogen-bond donors (Lipinski definition) is 1. The molecule has 0 atom stereocenters. The van der Waals surface area contributed by atoms with Crippen molar-refractivity contribution in [1.29, 1.82) is 0 Å². The second-order valence-corrected chi connectivity index (χ2v) is 9.64. The molecule has 32 heavy (non-hydrogen) atoms. The fraction of sp³-hybridized carbons (Fsp3) is 0.240.